The van der Waals surface area contributed by atoms with E-state index < -0.39 is 0 Å². The predicted molar refractivity (Wildman–Crippen MR) is 90.5 cm³/mol. The Hall–Kier alpha value is -2.15. The molecule has 0 aromatic carbocycles. The van der Waals surface area contributed by atoms with Crippen LogP contribution in [0.3, 0.4) is 0 Å². The molecule has 7 nitrogen and oxygen atoms in total. The maximum atomic E-state index is 13.1. The van der Waals surface area contributed by atoms with E-state index in [-0.39, 0.29) is 11.3 Å². The Kier molecular flexibility index (Phi) is 3.49. The molecule has 0 spiro atoms. The fourth-order valence-corrected chi connectivity index (χ4v) is 4.29. The largest absolute Gasteiger partial charge is 0.338 e. The average Bonchev–Trinajstić information content (AvgIpc) is 3.26. The highest BCUT2D eigenvalue weighted by molar-refractivity contribution is 5.99. The van der Waals surface area contributed by atoms with Crippen LogP contribution in [0.5, 0.6) is 0 Å². The van der Waals surface area contributed by atoms with Crippen molar-refractivity contribution in [3.8, 4) is 11.3 Å². The molecule has 24 heavy (non-hydrogen) atoms. The van der Waals surface area contributed by atoms with Gasteiger partial charge in [0.05, 0.1) is 23.7 Å². The third-order valence-electron chi connectivity index (χ3n) is 5.54. The van der Waals surface area contributed by atoms with E-state index in [0.29, 0.717) is 11.5 Å². The van der Waals surface area contributed by atoms with Gasteiger partial charge in [-0.2, -0.15) is 10.2 Å². The van der Waals surface area contributed by atoms with Crippen molar-refractivity contribution in [1.29, 1.82) is 0 Å². The van der Waals surface area contributed by atoms with Crippen molar-refractivity contribution >= 4 is 5.91 Å². The van der Waals surface area contributed by atoms with E-state index in [1.54, 1.807) is 12.4 Å². The van der Waals surface area contributed by atoms with Crippen molar-refractivity contribution in [1.82, 2.24) is 29.8 Å². The number of fused-ring (bicyclic) bond motifs is 1. The van der Waals surface area contributed by atoms with Crippen molar-refractivity contribution < 1.29 is 4.79 Å². The van der Waals surface area contributed by atoms with E-state index in [0.717, 1.165) is 44.0 Å². The van der Waals surface area contributed by atoms with Gasteiger partial charge in [0.2, 0.25) is 0 Å². The second-order valence-corrected chi connectivity index (χ2v) is 7.48. The van der Waals surface area contributed by atoms with Crippen LogP contribution in [-0.2, 0) is 6.54 Å². The number of amides is 1. The number of aromatic amines is 1. The summed E-state index contributed by atoms with van der Waals surface area (Å²) in [5.74, 6) is 0.630. The average molecular weight is 328 g/mol. The molecule has 0 saturated carbocycles. The van der Waals surface area contributed by atoms with E-state index in [2.05, 4.69) is 34.2 Å². The fraction of sp³-hybridized carbons (Fsp3) is 0.588. The molecule has 0 aliphatic carbocycles. The lowest BCUT2D eigenvalue weighted by atomic mass is 9.83. The number of rotatable bonds is 3. The van der Waals surface area contributed by atoms with Crippen LogP contribution < -0.4 is 0 Å². The lowest BCUT2D eigenvalue weighted by Crippen LogP contribution is -2.34. The fourth-order valence-electron chi connectivity index (χ4n) is 4.29. The first-order valence-electron chi connectivity index (χ1n) is 8.54. The monoisotopic (exact) mass is 328 g/mol. The number of aryl methyl sites for hydroxylation is 1. The molecule has 1 amide bonds. The van der Waals surface area contributed by atoms with E-state index >= 15 is 0 Å². The third-order valence-corrected chi connectivity index (χ3v) is 5.54. The molecule has 2 aromatic heterocycles. The molecule has 4 heterocycles. The van der Waals surface area contributed by atoms with E-state index in [4.69, 9.17) is 0 Å². The lowest BCUT2D eigenvalue weighted by molar-refractivity contribution is 0.0766. The Bertz CT molecular complexity index is 765. The summed E-state index contributed by atoms with van der Waals surface area (Å²) in [6, 6.07) is 0. The zero-order valence-corrected chi connectivity index (χ0v) is 14.5. The minimum Gasteiger partial charge on any atom is -0.338 e. The molecule has 7 heteroatoms. The van der Waals surface area contributed by atoms with Crippen molar-refractivity contribution in [3.05, 3.63) is 24.2 Å². The van der Waals surface area contributed by atoms with Gasteiger partial charge < -0.3 is 9.80 Å². The summed E-state index contributed by atoms with van der Waals surface area (Å²) in [7, 11) is 2.16. The van der Waals surface area contributed by atoms with Gasteiger partial charge in [0.25, 0.3) is 5.91 Å². The maximum absolute atomic E-state index is 13.1. The van der Waals surface area contributed by atoms with Gasteiger partial charge in [-0.25, -0.2) is 0 Å². The van der Waals surface area contributed by atoms with Gasteiger partial charge in [0.15, 0.2) is 0 Å². The molecule has 128 valence electrons. The van der Waals surface area contributed by atoms with Crippen LogP contribution >= 0.6 is 0 Å². The number of nitrogens with zero attached hydrogens (tertiary/aromatic N) is 5. The number of hydrogen-bond acceptors (Lipinski definition) is 4. The zero-order valence-electron chi connectivity index (χ0n) is 14.5. The Morgan fingerprint density at radius 2 is 2.21 bits per heavy atom. The summed E-state index contributed by atoms with van der Waals surface area (Å²) in [5, 5.41) is 11.4. The zero-order chi connectivity index (χ0) is 16.9. The molecular weight excluding hydrogens is 304 g/mol. The summed E-state index contributed by atoms with van der Waals surface area (Å²) in [6.07, 6.45) is 5.37. The highest BCUT2D eigenvalue weighted by Gasteiger charge is 2.49. The van der Waals surface area contributed by atoms with Crippen LogP contribution in [0.25, 0.3) is 11.3 Å². The number of carbonyl (C=O) groups excluding carboxylic acids is 1. The molecule has 2 aliphatic heterocycles. The summed E-state index contributed by atoms with van der Waals surface area (Å²) >= 11 is 0. The predicted octanol–water partition coefficient (Wildman–Crippen LogP) is 1.32. The smallest absolute Gasteiger partial charge is 0.257 e. The molecule has 2 aliphatic rings. The number of likely N-dealkylation sites (tertiary alicyclic amines) is 2. The van der Waals surface area contributed by atoms with Crippen LogP contribution in [0.4, 0.5) is 0 Å². The van der Waals surface area contributed by atoms with Gasteiger partial charge in [-0.1, -0.05) is 6.92 Å². The molecule has 0 unspecified atom stereocenters. The van der Waals surface area contributed by atoms with Gasteiger partial charge >= 0.3 is 0 Å². The third kappa shape index (κ3) is 2.34. The van der Waals surface area contributed by atoms with Gasteiger partial charge in [-0.3, -0.25) is 14.6 Å². The van der Waals surface area contributed by atoms with Crippen LogP contribution in [0.15, 0.2) is 18.6 Å². The van der Waals surface area contributed by atoms with Crippen molar-refractivity contribution in [3.63, 3.8) is 0 Å². The first-order chi connectivity index (χ1) is 11.5. The molecule has 1 N–H and O–H groups in total. The maximum Gasteiger partial charge on any atom is 0.257 e. The summed E-state index contributed by atoms with van der Waals surface area (Å²) < 4.78 is 1.85. The van der Waals surface area contributed by atoms with Gasteiger partial charge in [0.1, 0.15) is 0 Å². The van der Waals surface area contributed by atoms with Crippen molar-refractivity contribution in [2.24, 2.45) is 11.3 Å². The van der Waals surface area contributed by atoms with E-state index in [1.165, 1.54) is 0 Å². The Morgan fingerprint density at radius 3 is 2.92 bits per heavy atom. The van der Waals surface area contributed by atoms with Gasteiger partial charge in [-0.05, 0) is 19.9 Å². The van der Waals surface area contributed by atoms with Crippen LogP contribution in [0.2, 0.25) is 0 Å². The van der Waals surface area contributed by atoms with E-state index in [1.807, 2.05) is 22.7 Å². The summed E-state index contributed by atoms with van der Waals surface area (Å²) in [6.45, 7) is 8.92. The molecule has 4 rings (SSSR count). The number of carbonyl (C=O) groups is 1. The van der Waals surface area contributed by atoms with E-state index in [9.17, 15) is 4.79 Å². The highest BCUT2D eigenvalue weighted by atomic mass is 16.2. The van der Waals surface area contributed by atoms with Gasteiger partial charge in [0, 0.05) is 49.9 Å². The minimum absolute atomic E-state index is 0.0706. The molecular formula is C17H24N6O. The molecule has 2 fully saturated rings. The van der Waals surface area contributed by atoms with Crippen LogP contribution in [0.1, 0.15) is 24.2 Å². The van der Waals surface area contributed by atoms with Crippen molar-refractivity contribution in [2.45, 2.75) is 20.4 Å². The number of hydrogen-bond donors (Lipinski definition) is 1. The Labute approximate surface area is 141 Å². The first kappa shape index (κ1) is 15.4. The van der Waals surface area contributed by atoms with Crippen LogP contribution in [0, 0.1) is 11.3 Å². The highest BCUT2D eigenvalue weighted by Crippen LogP contribution is 2.42. The number of nitrogens with one attached hydrogen (secondary N) is 1. The first-order valence-corrected chi connectivity index (χ1v) is 8.54. The Balaban J connectivity index is 1.57. The molecule has 2 saturated heterocycles. The van der Waals surface area contributed by atoms with Crippen LogP contribution in [-0.4, -0.2) is 68.9 Å². The van der Waals surface area contributed by atoms with Crippen molar-refractivity contribution in [2.75, 3.05) is 33.2 Å². The topological polar surface area (TPSA) is 70.1 Å². The Morgan fingerprint density at radius 1 is 1.38 bits per heavy atom. The summed E-state index contributed by atoms with van der Waals surface area (Å²) in [4.78, 5) is 17.4. The lowest BCUT2D eigenvalue weighted by Gasteiger charge is -2.23. The number of aromatic nitrogens is 4. The molecule has 0 bridgehead atoms. The molecule has 2 atom stereocenters. The number of H-pyrrole nitrogens is 1. The molecule has 2 aromatic rings. The van der Waals surface area contributed by atoms with Gasteiger partial charge in [-0.15, -0.1) is 0 Å². The second kappa shape index (κ2) is 5.44. The summed E-state index contributed by atoms with van der Waals surface area (Å²) in [5.41, 5.74) is 2.52. The quantitative estimate of drug-likeness (QED) is 0.922. The second-order valence-electron chi connectivity index (χ2n) is 7.48. The molecule has 0 radical (unpaired) electrons. The minimum atomic E-state index is 0.0706. The SMILES string of the molecule is CCn1cc(-c2[nH]ncc2C(=O)N2C[C@@H]3CN(C)C[C@]3(C)C2)cn1. The standard InChI is InChI=1S/C17H24N6O/c1-4-23-7-12(5-19-23)15-14(6-18-20-15)16(24)22-9-13-8-21(3)10-17(13,2)11-22/h5-7,13H,4,8-11H2,1-3H3,(H,18,20)/t13-,17+/m0/s1. The normalized spacial score (nSPS) is 27.0.